The fourth-order valence-corrected chi connectivity index (χ4v) is 2.37. The van der Waals surface area contributed by atoms with Crippen molar-refractivity contribution >= 4 is 32.4 Å². The van der Waals surface area contributed by atoms with Crippen molar-refractivity contribution in [2.24, 2.45) is 0 Å². The Balaban J connectivity index is 2.89. The first-order chi connectivity index (χ1) is 6.15. The van der Waals surface area contributed by atoms with E-state index in [2.05, 4.69) is 15.9 Å². The molecule has 1 aromatic rings. The number of halogens is 1. The highest BCUT2D eigenvalue weighted by Gasteiger charge is 2.05. The summed E-state index contributed by atoms with van der Waals surface area (Å²) in [6.45, 7) is 1.91. The summed E-state index contributed by atoms with van der Waals surface area (Å²) in [5, 5.41) is 0. The number of hydrogen-bond acceptors (Lipinski definition) is 2. The predicted octanol–water partition coefficient (Wildman–Crippen LogP) is 2.30. The third kappa shape index (κ3) is 2.81. The fourth-order valence-electron chi connectivity index (χ4n) is 0.987. The Kier molecular flexibility index (Phi) is 3.93. The van der Waals surface area contributed by atoms with Crippen LogP contribution in [0.4, 0.5) is 5.69 Å². The van der Waals surface area contributed by atoms with Gasteiger partial charge in [0.2, 0.25) is 0 Å². The van der Waals surface area contributed by atoms with Crippen LogP contribution in [0, 0.1) is 0 Å². The summed E-state index contributed by atoms with van der Waals surface area (Å²) in [6, 6.07) is 5.64. The molecule has 0 amide bonds. The Hall–Kier alpha value is -0.350. The van der Waals surface area contributed by atoms with Crippen LogP contribution in [0.25, 0.3) is 0 Å². The van der Waals surface area contributed by atoms with Crippen LogP contribution in [-0.2, 0) is 16.6 Å². The number of benzene rings is 1. The first-order valence-electron chi connectivity index (χ1n) is 4.03. The fraction of sp³-hybridized carbons (Fsp3) is 0.333. The zero-order chi connectivity index (χ0) is 9.84. The molecule has 4 heteroatoms. The van der Waals surface area contributed by atoms with Crippen molar-refractivity contribution in [2.75, 3.05) is 11.5 Å². The molecule has 0 spiro atoms. The largest absolute Gasteiger partial charge is 0.398 e. The van der Waals surface area contributed by atoms with Crippen LogP contribution in [0.3, 0.4) is 0 Å². The predicted molar refractivity (Wildman–Crippen MR) is 60.9 cm³/mol. The lowest BCUT2D eigenvalue weighted by molar-refractivity contribution is 0.683. The standard InChI is InChI=1S/C9H12BrNOS/c1-2-13(12)6-7-4-3-5-8(11)9(7)10/h3-5H,2,6,11H2,1H3. The maximum atomic E-state index is 11.3. The van der Waals surface area contributed by atoms with E-state index in [1.165, 1.54) is 0 Å². The van der Waals surface area contributed by atoms with Gasteiger partial charge in [-0.25, -0.2) is 0 Å². The quantitative estimate of drug-likeness (QED) is 0.849. The third-order valence-electron chi connectivity index (χ3n) is 1.75. The molecule has 0 bridgehead atoms. The molecule has 1 unspecified atom stereocenters. The van der Waals surface area contributed by atoms with Crippen LogP contribution < -0.4 is 5.73 Å². The van der Waals surface area contributed by atoms with E-state index < -0.39 is 10.8 Å². The van der Waals surface area contributed by atoms with Gasteiger partial charge in [0.1, 0.15) is 0 Å². The number of nitrogen functional groups attached to an aromatic ring is 1. The van der Waals surface area contributed by atoms with Crippen LogP contribution in [0.2, 0.25) is 0 Å². The second-order valence-electron chi connectivity index (χ2n) is 2.69. The molecule has 0 aliphatic rings. The second-order valence-corrected chi connectivity index (χ2v) is 5.23. The summed E-state index contributed by atoms with van der Waals surface area (Å²) >= 11 is 3.38. The number of hydrogen-bond donors (Lipinski definition) is 1. The minimum Gasteiger partial charge on any atom is -0.398 e. The van der Waals surface area contributed by atoms with Gasteiger partial charge >= 0.3 is 0 Å². The summed E-state index contributed by atoms with van der Waals surface area (Å²) in [6.07, 6.45) is 0. The molecule has 0 fully saturated rings. The smallest absolute Gasteiger partial charge is 0.0497 e. The molecule has 0 heterocycles. The lowest BCUT2D eigenvalue weighted by atomic mass is 10.2. The van der Waals surface area contributed by atoms with Crippen LogP contribution >= 0.6 is 15.9 Å². The average molecular weight is 262 g/mol. The summed E-state index contributed by atoms with van der Waals surface area (Å²) in [5.74, 6) is 1.25. The van der Waals surface area contributed by atoms with Crippen molar-refractivity contribution in [3.63, 3.8) is 0 Å². The van der Waals surface area contributed by atoms with Crippen LogP contribution in [0.15, 0.2) is 22.7 Å². The summed E-state index contributed by atoms with van der Waals surface area (Å²) in [7, 11) is -0.782. The molecular formula is C9H12BrNOS. The Morgan fingerprint density at radius 2 is 2.23 bits per heavy atom. The molecule has 1 atom stereocenters. The van der Waals surface area contributed by atoms with Crippen molar-refractivity contribution in [1.82, 2.24) is 0 Å². The monoisotopic (exact) mass is 261 g/mol. The Morgan fingerprint density at radius 3 is 2.85 bits per heavy atom. The molecule has 2 N–H and O–H groups in total. The normalized spacial score (nSPS) is 12.8. The molecule has 0 aliphatic carbocycles. The molecule has 1 aromatic carbocycles. The van der Waals surface area contributed by atoms with Crippen LogP contribution in [0.5, 0.6) is 0 Å². The molecular weight excluding hydrogens is 250 g/mol. The molecule has 2 nitrogen and oxygen atoms in total. The van der Waals surface area contributed by atoms with Crippen molar-refractivity contribution in [2.45, 2.75) is 12.7 Å². The SMILES string of the molecule is CCS(=O)Cc1cccc(N)c1Br. The van der Waals surface area contributed by atoms with Crippen molar-refractivity contribution in [3.05, 3.63) is 28.2 Å². The van der Waals surface area contributed by atoms with E-state index in [0.29, 0.717) is 17.2 Å². The third-order valence-corrected chi connectivity index (χ3v) is 3.99. The molecule has 0 aromatic heterocycles. The molecule has 72 valence electrons. The van der Waals surface area contributed by atoms with Gasteiger partial charge in [0.25, 0.3) is 0 Å². The van der Waals surface area contributed by atoms with Gasteiger partial charge in [-0.05, 0) is 27.6 Å². The average Bonchev–Trinajstić information content (AvgIpc) is 2.13. The highest BCUT2D eigenvalue weighted by atomic mass is 79.9. The summed E-state index contributed by atoms with van der Waals surface area (Å²) in [4.78, 5) is 0. The molecule has 0 saturated carbocycles. The molecule has 0 aliphatic heterocycles. The van der Waals surface area contributed by atoms with Gasteiger partial charge in [-0.3, -0.25) is 4.21 Å². The topological polar surface area (TPSA) is 43.1 Å². The number of rotatable bonds is 3. The van der Waals surface area contributed by atoms with Gasteiger partial charge in [-0.15, -0.1) is 0 Å². The van der Waals surface area contributed by atoms with Crippen molar-refractivity contribution in [1.29, 1.82) is 0 Å². The van der Waals surface area contributed by atoms with E-state index in [4.69, 9.17) is 5.73 Å². The van der Waals surface area contributed by atoms with E-state index in [-0.39, 0.29) is 0 Å². The molecule has 13 heavy (non-hydrogen) atoms. The number of anilines is 1. The van der Waals surface area contributed by atoms with Gasteiger partial charge < -0.3 is 5.73 Å². The minimum atomic E-state index is -0.782. The van der Waals surface area contributed by atoms with Gasteiger partial charge in [-0.1, -0.05) is 19.1 Å². The Morgan fingerprint density at radius 1 is 1.54 bits per heavy atom. The van der Waals surface area contributed by atoms with Crippen molar-refractivity contribution in [3.8, 4) is 0 Å². The second kappa shape index (κ2) is 4.77. The number of nitrogens with two attached hydrogens (primary N) is 1. The van der Waals surface area contributed by atoms with Crippen LogP contribution in [0.1, 0.15) is 12.5 Å². The lowest BCUT2D eigenvalue weighted by Crippen LogP contribution is -1.99. The van der Waals surface area contributed by atoms with E-state index >= 15 is 0 Å². The lowest BCUT2D eigenvalue weighted by Gasteiger charge is -2.05. The minimum absolute atomic E-state index is 0.572. The molecule has 0 radical (unpaired) electrons. The van der Waals surface area contributed by atoms with Gasteiger partial charge in [0, 0.05) is 32.5 Å². The zero-order valence-corrected chi connectivity index (χ0v) is 9.82. The zero-order valence-electron chi connectivity index (χ0n) is 7.42. The van der Waals surface area contributed by atoms with Gasteiger partial charge in [0.15, 0.2) is 0 Å². The highest BCUT2D eigenvalue weighted by Crippen LogP contribution is 2.24. The molecule has 0 saturated heterocycles. The van der Waals surface area contributed by atoms with E-state index in [1.807, 2.05) is 25.1 Å². The Bertz CT molecular complexity index is 327. The summed E-state index contributed by atoms with van der Waals surface area (Å²) in [5.41, 5.74) is 7.41. The molecule has 1 rings (SSSR count). The first-order valence-corrected chi connectivity index (χ1v) is 6.31. The van der Waals surface area contributed by atoms with Crippen LogP contribution in [-0.4, -0.2) is 9.96 Å². The highest BCUT2D eigenvalue weighted by molar-refractivity contribution is 9.10. The Labute approximate surface area is 89.1 Å². The van der Waals surface area contributed by atoms with E-state index in [1.54, 1.807) is 0 Å². The maximum absolute atomic E-state index is 11.3. The van der Waals surface area contributed by atoms with E-state index in [0.717, 1.165) is 10.0 Å². The van der Waals surface area contributed by atoms with E-state index in [9.17, 15) is 4.21 Å². The summed E-state index contributed by atoms with van der Waals surface area (Å²) < 4.78 is 12.2. The van der Waals surface area contributed by atoms with Crippen molar-refractivity contribution < 1.29 is 4.21 Å². The van der Waals surface area contributed by atoms with Gasteiger partial charge in [0.05, 0.1) is 0 Å². The van der Waals surface area contributed by atoms with Gasteiger partial charge in [-0.2, -0.15) is 0 Å². The first kappa shape index (κ1) is 10.7. The maximum Gasteiger partial charge on any atom is 0.0497 e.